The second kappa shape index (κ2) is 18.3. The number of aliphatic carboxylic acids is 3. The number of rotatable bonds is 5. The molecular weight excluding hydrogens is 773 g/mol. The van der Waals surface area contributed by atoms with Crippen LogP contribution < -0.4 is 20.7 Å². The third-order valence-corrected chi connectivity index (χ3v) is 7.03. The number of carboxylic acid groups (broad SMARTS) is 3. The Morgan fingerprint density at radius 2 is 1.20 bits per heavy atom. The number of carboxylic acids is 3. The minimum Gasteiger partial charge on any atom is -0.489 e. The number of fused-ring (bicyclic) bond motifs is 1. The SMILES string of the molecule is Cc1cc(COc2ccc(C3(N4CCNCC4)C(=O)NC(=O)NC3=O)cc2)c2ccccc2n1.O=C(O)C(F)(F)F.O=C(O)C(F)(F)F.O=C(O)C(F)(F)F. The number of hydrogen-bond acceptors (Lipinski definition) is 10. The van der Waals surface area contributed by atoms with Gasteiger partial charge in [0.2, 0.25) is 5.54 Å². The quantitative estimate of drug-likeness (QED) is 0.161. The third-order valence-electron chi connectivity index (χ3n) is 7.03. The molecule has 0 unspecified atom stereocenters. The topological polar surface area (TPSA) is 225 Å². The fourth-order valence-corrected chi connectivity index (χ4v) is 4.72. The lowest BCUT2D eigenvalue weighted by molar-refractivity contribution is -0.193. The van der Waals surface area contributed by atoms with Crippen LogP contribution in [0, 0.1) is 6.92 Å². The summed E-state index contributed by atoms with van der Waals surface area (Å²) >= 11 is 0. The lowest BCUT2D eigenvalue weighted by atomic mass is 9.84. The van der Waals surface area contributed by atoms with E-state index in [1.807, 2.05) is 42.2 Å². The van der Waals surface area contributed by atoms with Crippen LogP contribution >= 0.6 is 0 Å². The molecule has 0 aliphatic carbocycles. The van der Waals surface area contributed by atoms with Crippen LogP contribution in [0.15, 0.2) is 54.6 Å². The van der Waals surface area contributed by atoms with Crippen LogP contribution in [0.1, 0.15) is 16.8 Å². The Hall–Kier alpha value is -6.04. The summed E-state index contributed by atoms with van der Waals surface area (Å²) in [7, 11) is 0. The second-order valence-electron chi connectivity index (χ2n) is 10.8. The van der Waals surface area contributed by atoms with Gasteiger partial charge in [-0.05, 0) is 36.8 Å². The molecule has 3 aromatic rings. The first-order chi connectivity index (χ1) is 25.3. The highest BCUT2D eigenvalue weighted by Gasteiger charge is 2.56. The van der Waals surface area contributed by atoms with Crippen molar-refractivity contribution in [2.24, 2.45) is 0 Å². The Balaban J connectivity index is 0.000000408. The van der Waals surface area contributed by atoms with Crippen LogP contribution in [0.4, 0.5) is 44.3 Å². The number of ether oxygens (including phenoxy) is 1. The van der Waals surface area contributed by atoms with Crippen molar-refractivity contribution in [2.45, 2.75) is 37.6 Å². The maximum atomic E-state index is 13.1. The van der Waals surface area contributed by atoms with E-state index in [1.54, 1.807) is 24.3 Å². The van der Waals surface area contributed by atoms with Crippen molar-refractivity contribution in [3.05, 3.63) is 71.4 Å². The zero-order valence-electron chi connectivity index (χ0n) is 27.7. The van der Waals surface area contributed by atoms with E-state index in [-0.39, 0.29) is 0 Å². The van der Waals surface area contributed by atoms with E-state index < -0.39 is 59.8 Å². The molecule has 2 saturated heterocycles. The Kier molecular flexibility index (Phi) is 15.0. The molecule has 1 aromatic heterocycles. The first-order valence-corrected chi connectivity index (χ1v) is 14.9. The molecule has 2 aliphatic heterocycles. The van der Waals surface area contributed by atoms with Crippen molar-refractivity contribution in [1.29, 1.82) is 0 Å². The molecule has 3 heterocycles. The van der Waals surface area contributed by atoms with Crippen molar-refractivity contribution in [3.8, 4) is 5.75 Å². The molecule has 6 N–H and O–H groups in total. The van der Waals surface area contributed by atoms with Gasteiger partial charge in [0, 0.05) is 42.8 Å². The van der Waals surface area contributed by atoms with Crippen molar-refractivity contribution in [2.75, 3.05) is 26.2 Å². The van der Waals surface area contributed by atoms with Crippen LogP contribution in [0.5, 0.6) is 5.75 Å². The highest BCUT2D eigenvalue weighted by molar-refractivity contribution is 6.22. The summed E-state index contributed by atoms with van der Waals surface area (Å²) in [5, 5.41) is 30.2. The van der Waals surface area contributed by atoms with E-state index in [2.05, 4.69) is 20.9 Å². The smallest absolute Gasteiger partial charge is 0.489 e. The first-order valence-electron chi connectivity index (χ1n) is 14.9. The monoisotopic (exact) mass is 801 g/mol. The van der Waals surface area contributed by atoms with Gasteiger partial charge in [0.25, 0.3) is 11.8 Å². The predicted octanol–water partition coefficient (Wildman–Crippen LogP) is 3.49. The molecule has 0 bridgehead atoms. The van der Waals surface area contributed by atoms with E-state index in [1.165, 1.54) is 0 Å². The summed E-state index contributed by atoms with van der Waals surface area (Å²) in [6.07, 6.45) is -15.3. The first kappa shape index (κ1) is 45.1. The van der Waals surface area contributed by atoms with Gasteiger partial charge in [-0.2, -0.15) is 39.5 Å². The Morgan fingerprint density at radius 3 is 1.64 bits per heavy atom. The lowest BCUT2D eigenvalue weighted by Gasteiger charge is -2.44. The van der Waals surface area contributed by atoms with Gasteiger partial charge in [-0.25, -0.2) is 19.2 Å². The molecule has 0 spiro atoms. The minimum atomic E-state index is -5.08. The molecule has 2 aliphatic rings. The normalized spacial score (nSPS) is 15.7. The number of carbonyl (C=O) groups is 6. The molecule has 55 heavy (non-hydrogen) atoms. The number of pyridine rings is 1. The number of aromatic nitrogens is 1. The van der Waals surface area contributed by atoms with E-state index in [0.717, 1.165) is 22.2 Å². The maximum Gasteiger partial charge on any atom is 0.490 e. The number of halogens is 9. The number of imide groups is 2. The molecule has 24 heteroatoms. The summed E-state index contributed by atoms with van der Waals surface area (Å²) in [6, 6.07) is 16.0. The standard InChI is InChI=1S/C25H25N5O4.3C2HF3O2/c1-16-14-17(20-4-2-3-5-21(20)27-16)15-34-19-8-6-18(7-9-19)25(30-12-10-26-11-13-30)22(31)28-24(33)29-23(25)32;3*3-2(4,5)1(6)7/h2-9,14,26H,10-13,15H2,1H3,(H2,28,29,31,32,33);3*(H,6,7). The summed E-state index contributed by atoms with van der Waals surface area (Å²) in [4.78, 5) is 71.0. The largest absolute Gasteiger partial charge is 0.490 e. The number of urea groups is 1. The molecule has 0 radical (unpaired) electrons. The van der Waals surface area contributed by atoms with E-state index in [0.29, 0.717) is 44.1 Å². The lowest BCUT2D eigenvalue weighted by Crippen LogP contribution is -2.72. The minimum absolute atomic E-state index is 0.349. The van der Waals surface area contributed by atoms with Crippen LogP contribution in [-0.2, 0) is 36.1 Å². The second-order valence-corrected chi connectivity index (χ2v) is 10.8. The van der Waals surface area contributed by atoms with E-state index >= 15 is 0 Å². The number of nitrogens with one attached hydrogen (secondary N) is 3. The summed E-state index contributed by atoms with van der Waals surface area (Å²) in [6.45, 7) is 4.55. The Labute approximate surface area is 302 Å². The van der Waals surface area contributed by atoms with Crippen LogP contribution in [0.25, 0.3) is 10.9 Å². The maximum absolute atomic E-state index is 13.1. The van der Waals surface area contributed by atoms with Gasteiger partial charge in [-0.3, -0.25) is 30.1 Å². The summed E-state index contributed by atoms with van der Waals surface area (Å²) < 4.78 is 101. The van der Waals surface area contributed by atoms with E-state index in [9.17, 15) is 53.9 Å². The highest BCUT2D eigenvalue weighted by Crippen LogP contribution is 2.33. The number of benzene rings is 2. The number of carbonyl (C=O) groups excluding carboxylic acids is 3. The van der Waals surface area contributed by atoms with Gasteiger partial charge in [0.15, 0.2) is 0 Å². The number of hydrogen-bond donors (Lipinski definition) is 6. The average Bonchev–Trinajstić information content (AvgIpc) is 3.07. The molecule has 15 nitrogen and oxygen atoms in total. The van der Waals surface area contributed by atoms with Gasteiger partial charge < -0.3 is 25.4 Å². The predicted molar refractivity (Wildman–Crippen MR) is 166 cm³/mol. The number of barbiturate groups is 1. The Bertz CT molecular complexity index is 1800. The average molecular weight is 802 g/mol. The number of amides is 4. The van der Waals surface area contributed by atoms with Gasteiger partial charge in [-0.1, -0.05) is 30.3 Å². The van der Waals surface area contributed by atoms with E-state index in [4.69, 9.17) is 34.4 Å². The molecule has 2 fully saturated rings. The third kappa shape index (κ3) is 12.5. The van der Waals surface area contributed by atoms with Gasteiger partial charge in [-0.15, -0.1) is 0 Å². The van der Waals surface area contributed by atoms with Crippen LogP contribution in [0.3, 0.4) is 0 Å². The van der Waals surface area contributed by atoms with Crippen LogP contribution in [0.2, 0.25) is 0 Å². The number of piperazine rings is 1. The summed E-state index contributed by atoms with van der Waals surface area (Å²) in [5.74, 6) is -8.95. The zero-order chi connectivity index (χ0) is 41.9. The molecule has 0 saturated carbocycles. The molecule has 0 atom stereocenters. The van der Waals surface area contributed by atoms with Crippen molar-refractivity contribution in [1.82, 2.24) is 25.8 Å². The molecular formula is C31H28F9N5O10. The molecule has 4 amide bonds. The number of para-hydroxylation sites is 1. The van der Waals surface area contributed by atoms with Crippen molar-refractivity contribution < 1.29 is 88.3 Å². The fraction of sp³-hybridized carbons (Fsp3) is 0.323. The van der Waals surface area contributed by atoms with Crippen LogP contribution in [-0.4, -0.2) is 106 Å². The van der Waals surface area contributed by atoms with Gasteiger partial charge in [0.05, 0.1) is 5.52 Å². The number of aryl methyl sites for hydroxylation is 1. The number of alkyl halides is 9. The fourth-order valence-electron chi connectivity index (χ4n) is 4.72. The summed E-state index contributed by atoms with van der Waals surface area (Å²) in [5.41, 5.74) is 1.71. The van der Waals surface area contributed by atoms with Crippen molar-refractivity contribution in [3.63, 3.8) is 0 Å². The molecule has 5 rings (SSSR count). The highest BCUT2D eigenvalue weighted by atomic mass is 19.4. The zero-order valence-corrected chi connectivity index (χ0v) is 27.7. The van der Waals surface area contributed by atoms with Gasteiger partial charge in [0.1, 0.15) is 12.4 Å². The van der Waals surface area contributed by atoms with Gasteiger partial charge >= 0.3 is 42.5 Å². The Morgan fingerprint density at radius 1 is 0.764 bits per heavy atom. The van der Waals surface area contributed by atoms with Crippen molar-refractivity contribution >= 4 is 46.7 Å². The number of nitrogens with zero attached hydrogens (tertiary/aromatic N) is 2. The molecule has 2 aromatic carbocycles. The molecule has 300 valence electrons.